The van der Waals surface area contributed by atoms with Crippen molar-refractivity contribution in [3.8, 4) is 11.5 Å². The van der Waals surface area contributed by atoms with Gasteiger partial charge in [-0.2, -0.15) is 0 Å². The summed E-state index contributed by atoms with van der Waals surface area (Å²) in [5.74, 6) is -2.20. The first-order chi connectivity index (χ1) is 15.7. The lowest BCUT2D eigenvalue weighted by Gasteiger charge is -2.12. The van der Waals surface area contributed by atoms with Crippen molar-refractivity contribution >= 4 is 57.9 Å². The smallest absolute Gasteiger partial charge is 0.343 e. The van der Waals surface area contributed by atoms with Gasteiger partial charge in [0, 0.05) is 12.1 Å². The normalized spacial score (nSPS) is 14.5. The third-order valence-corrected chi connectivity index (χ3v) is 5.61. The predicted octanol–water partition coefficient (Wildman–Crippen LogP) is 3.50. The van der Waals surface area contributed by atoms with Crippen molar-refractivity contribution in [3.05, 3.63) is 68.6 Å². The maximum absolute atomic E-state index is 12.5. The second-order valence-electron chi connectivity index (χ2n) is 6.50. The van der Waals surface area contributed by atoms with Crippen LogP contribution in [-0.2, 0) is 9.59 Å². The molecule has 0 radical (unpaired) electrons. The molecule has 2 aromatic carbocycles. The van der Waals surface area contributed by atoms with E-state index in [4.69, 9.17) is 26.8 Å². The highest BCUT2D eigenvalue weighted by atomic mass is 32.2. The lowest BCUT2D eigenvalue weighted by molar-refractivity contribution is -0.384. The van der Waals surface area contributed by atoms with Gasteiger partial charge in [0.1, 0.15) is 10.9 Å². The number of nitro groups is 1. The first kappa shape index (κ1) is 23.9. The summed E-state index contributed by atoms with van der Waals surface area (Å²) in [7, 11) is 0. The summed E-state index contributed by atoms with van der Waals surface area (Å²) >= 11 is 6.05. The molecule has 10 nitrogen and oxygen atoms in total. The van der Waals surface area contributed by atoms with Gasteiger partial charge in [-0.05, 0) is 36.8 Å². The van der Waals surface area contributed by atoms with Gasteiger partial charge in [0.05, 0.1) is 22.0 Å². The van der Waals surface area contributed by atoms with Crippen LogP contribution in [0.4, 0.5) is 5.69 Å². The molecule has 0 aromatic heterocycles. The Morgan fingerprint density at radius 3 is 2.67 bits per heavy atom. The van der Waals surface area contributed by atoms with Crippen LogP contribution in [0.3, 0.4) is 0 Å². The Morgan fingerprint density at radius 2 is 2.00 bits per heavy atom. The molecule has 1 aliphatic rings. The molecule has 3 rings (SSSR count). The first-order valence-electron chi connectivity index (χ1n) is 9.40. The van der Waals surface area contributed by atoms with Crippen molar-refractivity contribution in [2.45, 2.75) is 6.92 Å². The molecule has 0 saturated carbocycles. The van der Waals surface area contributed by atoms with E-state index in [0.29, 0.717) is 5.56 Å². The number of carbonyl (C=O) groups excluding carboxylic acids is 2. The number of thiocarbonyl (C=S) groups is 1. The van der Waals surface area contributed by atoms with Crippen molar-refractivity contribution in [2.75, 3.05) is 13.2 Å². The topological polar surface area (TPSA) is 136 Å². The van der Waals surface area contributed by atoms with E-state index < -0.39 is 29.3 Å². The average molecular weight is 488 g/mol. The zero-order valence-corrected chi connectivity index (χ0v) is 18.7. The lowest BCUT2D eigenvalue weighted by atomic mass is 10.1. The molecule has 0 spiro atoms. The number of amides is 1. The molecular weight excluding hydrogens is 472 g/mol. The highest BCUT2D eigenvalue weighted by Crippen LogP contribution is 2.35. The van der Waals surface area contributed by atoms with Crippen molar-refractivity contribution in [3.63, 3.8) is 0 Å². The molecule has 33 heavy (non-hydrogen) atoms. The molecule has 2 aromatic rings. The molecule has 0 unspecified atom stereocenters. The van der Waals surface area contributed by atoms with E-state index in [-0.39, 0.29) is 38.6 Å². The number of benzene rings is 2. The molecular formula is C21H16N2O8S2. The number of thioether (sulfide) groups is 1. The van der Waals surface area contributed by atoms with Crippen LogP contribution in [-0.4, -0.2) is 50.2 Å². The summed E-state index contributed by atoms with van der Waals surface area (Å²) in [4.78, 5) is 47.4. The molecule has 0 aliphatic carbocycles. The highest BCUT2D eigenvalue weighted by molar-refractivity contribution is 8.26. The first-order valence-corrected chi connectivity index (χ1v) is 10.6. The van der Waals surface area contributed by atoms with Gasteiger partial charge in [0.15, 0.2) is 11.5 Å². The molecule has 1 fully saturated rings. The largest absolute Gasteiger partial charge is 0.490 e. The van der Waals surface area contributed by atoms with E-state index in [9.17, 15) is 24.5 Å². The van der Waals surface area contributed by atoms with Crippen LogP contribution >= 0.6 is 24.0 Å². The summed E-state index contributed by atoms with van der Waals surface area (Å²) in [6, 6.07) is 9.72. The SMILES string of the molecule is CCOc1cc(/C=C2/SC(=S)N(CC(=O)O)C2=O)ccc1OC(=O)c1cccc([N+](=O)[O-])c1. The van der Waals surface area contributed by atoms with Gasteiger partial charge in [-0.3, -0.25) is 24.6 Å². The van der Waals surface area contributed by atoms with E-state index in [1.165, 1.54) is 30.3 Å². The monoisotopic (exact) mass is 488 g/mol. The minimum atomic E-state index is -1.18. The second-order valence-corrected chi connectivity index (χ2v) is 8.17. The molecule has 1 heterocycles. The lowest BCUT2D eigenvalue weighted by Crippen LogP contribution is -2.33. The number of esters is 1. The van der Waals surface area contributed by atoms with Gasteiger partial charge in [-0.15, -0.1) is 0 Å². The Morgan fingerprint density at radius 1 is 1.24 bits per heavy atom. The molecule has 12 heteroatoms. The fraction of sp³-hybridized carbons (Fsp3) is 0.143. The van der Waals surface area contributed by atoms with Gasteiger partial charge in [0.2, 0.25) is 0 Å². The zero-order chi connectivity index (χ0) is 24.1. The van der Waals surface area contributed by atoms with E-state index in [1.807, 2.05) is 0 Å². The minimum Gasteiger partial charge on any atom is -0.490 e. The van der Waals surface area contributed by atoms with Crippen LogP contribution in [0.1, 0.15) is 22.8 Å². The number of ether oxygens (including phenoxy) is 2. The van der Waals surface area contributed by atoms with Crippen LogP contribution < -0.4 is 9.47 Å². The highest BCUT2D eigenvalue weighted by Gasteiger charge is 2.33. The van der Waals surface area contributed by atoms with Gasteiger partial charge >= 0.3 is 11.9 Å². The fourth-order valence-electron chi connectivity index (χ4n) is 2.80. The summed E-state index contributed by atoms with van der Waals surface area (Å²) in [5.41, 5.74) is 0.285. The number of nitrogens with zero attached hydrogens (tertiary/aromatic N) is 2. The Kier molecular flexibility index (Phi) is 7.41. The number of carboxylic acid groups (broad SMARTS) is 1. The zero-order valence-electron chi connectivity index (χ0n) is 17.0. The Bertz CT molecular complexity index is 1190. The standard InChI is InChI=1S/C21H16N2O8S2/c1-2-30-16-8-12(9-17-19(26)22(11-18(24)25)21(32)33-17)6-7-15(16)31-20(27)13-4-3-5-14(10-13)23(28)29/h3-10H,2,11H2,1H3,(H,24,25)/b17-9+. The van der Waals surface area contributed by atoms with Crippen LogP contribution in [0.2, 0.25) is 0 Å². The van der Waals surface area contributed by atoms with Crippen LogP contribution in [0.25, 0.3) is 6.08 Å². The number of non-ortho nitro benzene ring substituents is 1. The molecule has 1 saturated heterocycles. The number of aliphatic carboxylic acids is 1. The summed E-state index contributed by atoms with van der Waals surface area (Å²) in [5, 5.41) is 19.9. The van der Waals surface area contributed by atoms with Crippen LogP contribution in [0.15, 0.2) is 47.4 Å². The van der Waals surface area contributed by atoms with Gasteiger partial charge in [0.25, 0.3) is 11.6 Å². The van der Waals surface area contributed by atoms with E-state index >= 15 is 0 Å². The molecule has 170 valence electrons. The quantitative estimate of drug-likeness (QED) is 0.147. The maximum Gasteiger partial charge on any atom is 0.343 e. The van der Waals surface area contributed by atoms with Crippen molar-refractivity contribution < 1.29 is 33.9 Å². The minimum absolute atomic E-state index is 0.00201. The molecule has 1 N–H and O–H groups in total. The van der Waals surface area contributed by atoms with E-state index in [0.717, 1.165) is 22.7 Å². The summed E-state index contributed by atoms with van der Waals surface area (Å²) in [6.07, 6.45) is 1.52. The maximum atomic E-state index is 12.5. The Labute approximate surface area is 196 Å². The average Bonchev–Trinajstić information content (AvgIpc) is 3.02. The third kappa shape index (κ3) is 5.73. The summed E-state index contributed by atoms with van der Waals surface area (Å²) in [6.45, 7) is 1.46. The third-order valence-electron chi connectivity index (χ3n) is 4.23. The summed E-state index contributed by atoms with van der Waals surface area (Å²) < 4.78 is 11.1. The molecule has 0 atom stereocenters. The van der Waals surface area contributed by atoms with Crippen molar-refractivity contribution in [2.24, 2.45) is 0 Å². The van der Waals surface area contributed by atoms with Gasteiger partial charge < -0.3 is 14.6 Å². The van der Waals surface area contributed by atoms with Crippen molar-refractivity contribution in [1.82, 2.24) is 4.90 Å². The number of carbonyl (C=O) groups is 3. The predicted molar refractivity (Wildman–Crippen MR) is 123 cm³/mol. The number of hydrogen-bond donors (Lipinski definition) is 1. The van der Waals surface area contributed by atoms with Gasteiger partial charge in [-0.25, -0.2) is 4.79 Å². The Hall–Kier alpha value is -3.77. The number of nitro benzene ring substituents is 1. The van der Waals surface area contributed by atoms with E-state index in [2.05, 4.69) is 0 Å². The fourth-order valence-corrected chi connectivity index (χ4v) is 4.05. The number of rotatable bonds is 8. The van der Waals surface area contributed by atoms with Crippen LogP contribution in [0.5, 0.6) is 11.5 Å². The molecule has 0 bridgehead atoms. The second kappa shape index (κ2) is 10.2. The molecule has 1 amide bonds. The van der Waals surface area contributed by atoms with Gasteiger partial charge in [-0.1, -0.05) is 36.1 Å². The van der Waals surface area contributed by atoms with E-state index in [1.54, 1.807) is 19.1 Å². The molecule has 1 aliphatic heterocycles. The number of carboxylic acids is 1. The Balaban J connectivity index is 1.84. The van der Waals surface area contributed by atoms with Crippen molar-refractivity contribution in [1.29, 1.82) is 0 Å². The number of hydrogen-bond acceptors (Lipinski definition) is 9. The van der Waals surface area contributed by atoms with Crippen LogP contribution in [0, 0.1) is 10.1 Å².